The fraction of sp³-hybridized carbons (Fsp3) is 0.429. The maximum atomic E-state index is 12.5. The summed E-state index contributed by atoms with van der Waals surface area (Å²) in [5.41, 5.74) is 0.676. The largest absolute Gasteiger partial charge is 0.468 e. The number of furan rings is 1. The van der Waals surface area contributed by atoms with E-state index in [0.29, 0.717) is 12.2 Å². The van der Waals surface area contributed by atoms with E-state index in [9.17, 15) is 9.59 Å². The van der Waals surface area contributed by atoms with Gasteiger partial charge in [0.1, 0.15) is 11.8 Å². The zero-order chi connectivity index (χ0) is 19.8. The van der Waals surface area contributed by atoms with E-state index in [0.717, 1.165) is 31.7 Å². The highest BCUT2D eigenvalue weighted by Gasteiger charge is 2.26. The third-order valence-corrected chi connectivity index (χ3v) is 4.95. The van der Waals surface area contributed by atoms with Crippen molar-refractivity contribution in [3.8, 4) is 0 Å². The molecule has 3 rings (SSSR count). The zero-order valence-corrected chi connectivity index (χ0v) is 16.2. The van der Waals surface area contributed by atoms with Crippen molar-refractivity contribution in [1.82, 2.24) is 15.5 Å². The number of anilines is 1. The topological polar surface area (TPSA) is 86.6 Å². The molecule has 2 atom stereocenters. The molecule has 0 bridgehead atoms. The van der Waals surface area contributed by atoms with E-state index >= 15 is 0 Å². The minimum absolute atomic E-state index is 0.00425. The van der Waals surface area contributed by atoms with Gasteiger partial charge in [-0.3, -0.25) is 9.69 Å². The molecule has 7 heteroatoms. The Kier molecular flexibility index (Phi) is 7.08. The fourth-order valence-electron chi connectivity index (χ4n) is 3.42. The van der Waals surface area contributed by atoms with Gasteiger partial charge >= 0.3 is 6.03 Å². The summed E-state index contributed by atoms with van der Waals surface area (Å²) in [6.07, 6.45) is 5.21. The summed E-state index contributed by atoms with van der Waals surface area (Å²) in [4.78, 5) is 26.9. The number of piperidine rings is 1. The molecule has 0 radical (unpaired) electrons. The van der Waals surface area contributed by atoms with E-state index in [1.165, 1.54) is 6.42 Å². The molecule has 3 N–H and O–H groups in total. The van der Waals surface area contributed by atoms with Crippen molar-refractivity contribution in [3.05, 3.63) is 54.5 Å². The number of urea groups is 1. The highest BCUT2D eigenvalue weighted by Crippen LogP contribution is 2.24. The van der Waals surface area contributed by atoms with Crippen molar-refractivity contribution >= 4 is 17.6 Å². The van der Waals surface area contributed by atoms with Crippen LogP contribution in [0.15, 0.2) is 53.1 Å². The van der Waals surface area contributed by atoms with Gasteiger partial charge in [0.05, 0.1) is 12.3 Å². The van der Waals surface area contributed by atoms with Crippen LogP contribution < -0.4 is 16.0 Å². The summed E-state index contributed by atoms with van der Waals surface area (Å²) in [5, 5.41) is 8.33. The number of nitrogens with zero attached hydrogens (tertiary/aromatic N) is 1. The summed E-state index contributed by atoms with van der Waals surface area (Å²) in [5.74, 6) is 0.626. The third-order valence-electron chi connectivity index (χ3n) is 4.95. The quantitative estimate of drug-likeness (QED) is 0.684. The summed E-state index contributed by atoms with van der Waals surface area (Å²) >= 11 is 0. The zero-order valence-electron chi connectivity index (χ0n) is 16.2. The number of amides is 3. The molecule has 0 spiro atoms. The fourth-order valence-corrected chi connectivity index (χ4v) is 3.42. The standard InChI is InChI=1S/C21H28N4O3/c1-16(23-21(27)24-17-9-4-2-5-10-17)20(26)22-15-18(19-11-8-14-28-19)25-12-6-3-7-13-25/h2,4-5,8-11,14,16,18H,3,6-7,12-13,15H2,1H3,(H,22,26)(H2,23,24,27). The van der Waals surface area contributed by atoms with Crippen LogP contribution in [-0.2, 0) is 4.79 Å². The van der Waals surface area contributed by atoms with Crippen LogP contribution in [0.2, 0.25) is 0 Å². The van der Waals surface area contributed by atoms with Gasteiger partial charge < -0.3 is 20.4 Å². The van der Waals surface area contributed by atoms with Gasteiger partial charge in [0, 0.05) is 12.2 Å². The molecule has 0 saturated carbocycles. The molecular formula is C21H28N4O3. The molecular weight excluding hydrogens is 356 g/mol. The van der Waals surface area contributed by atoms with Gasteiger partial charge in [0.2, 0.25) is 5.91 Å². The predicted octanol–water partition coefficient (Wildman–Crippen LogP) is 3.13. The Morgan fingerprint density at radius 3 is 2.50 bits per heavy atom. The molecule has 1 aliphatic heterocycles. The van der Waals surface area contributed by atoms with E-state index < -0.39 is 12.1 Å². The monoisotopic (exact) mass is 384 g/mol. The smallest absolute Gasteiger partial charge is 0.319 e. The van der Waals surface area contributed by atoms with Crippen LogP contribution in [0.3, 0.4) is 0 Å². The Labute approximate surface area is 165 Å². The summed E-state index contributed by atoms with van der Waals surface area (Å²) < 4.78 is 5.60. The molecule has 1 aliphatic rings. The number of hydrogen-bond donors (Lipinski definition) is 3. The average molecular weight is 384 g/mol. The van der Waals surface area contributed by atoms with Crippen LogP contribution in [0, 0.1) is 0 Å². The molecule has 28 heavy (non-hydrogen) atoms. The molecule has 0 aliphatic carbocycles. The Morgan fingerprint density at radius 1 is 1.07 bits per heavy atom. The molecule has 1 saturated heterocycles. The molecule has 7 nitrogen and oxygen atoms in total. The predicted molar refractivity (Wildman–Crippen MR) is 108 cm³/mol. The lowest BCUT2D eigenvalue weighted by Gasteiger charge is -2.33. The minimum atomic E-state index is -0.651. The van der Waals surface area contributed by atoms with E-state index in [-0.39, 0.29) is 11.9 Å². The average Bonchev–Trinajstić information content (AvgIpc) is 3.24. The van der Waals surface area contributed by atoms with Crippen LogP contribution in [0.25, 0.3) is 0 Å². The molecule has 2 aromatic rings. The van der Waals surface area contributed by atoms with Gasteiger partial charge in [-0.05, 0) is 57.1 Å². The number of nitrogens with one attached hydrogen (secondary N) is 3. The number of carbonyl (C=O) groups is 2. The second-order valence-electron chi connectivity index (χ2n) is 7.06. The van der Waals surface area contributed by atoms with Gasteiger partial charge in [-0.25, -0.2) is 4.79 Å². The summed E-state index contributed by atoms with van der Waals surface area (Å²) in [7, 11) is 0. The van der Waals surface area contributed by atoms with Gasteiger partial charge in [0.15, 0.2) is 0 Å². The van der Waals surface area contributed by atoms with Crippen LogP contribution in [-0.4, -0.2) is 42.5 Å². The third kappa shape index (κ3) is 5.60. The van der Waals surface area contributed by atoms with Crippen molar-refractivity contribution in [2.75, 3.05) is 25.0 Å². The number of para-hydroxylation sites is 1. The molecule has 1 fully saturated rings. The van der Waals surface area contributed by atoms with E-state index in [2.05, 4.69) is 20.9 Å². The van der Waals surface area contributed by atoms with Crippen LogP contribution in [0.1, 0.15) is 38.0 Å². The lowest BCUT2D eigenvalue weighted by molar-refractivity contribution is -0.122. The van der Waals surface area contributed by atoms with E-state index in [1.54, 1.807) is 25.3 Å². The van der Waals surface area contributed by atoms with Gasteiger partial charge in [-0.1, -0.05) is 24.6 Å². The normalized spacial score (nSPS) is 16.8. The first kappa shape index (κ1) is 19.9. The van der Waals surface area contributed by atoms with E-state index in [4.69, 9.17) is 4.42 Å². The first-order valence-corrected chi connectivity index (χ1v) is 9.81. The molecule has 1 aromatic carbocycles. The maximum absolute atomic E-state index is 12.5. The highest BCUT2D eigenvalue weighted by molar-refractivity contribution is 5.93. The lowest BCUT2D eigenvalue weighted by Crippen LogP contribution is -2.48. The first-order valence-electron chi connectivity index (χ1n) is 9.81. The number of benzene rings is 1. The Hall–Kier alpha value is -2.80. The lowest BCUT2D eigenvalue weighted by atomic mass is 10.1. The van der Waals surface area contributed by atoms with Gasteiger partial charge in [-0.15, -0.1) is 0 Å². The second kappa shape index (κ2) is 9.94. The highest BCUT2D eigenvalue weighted by atomic mass is 16.3. The van der Waals surface area contributed by atoms with Gasteiger partial charge in [0.25, 0.3) is 0 Å². The van der Waals surface area contributed by atoms with Crippen LogP contribution in [0.5, 0.6) is 0 Å². The van der Waals surface area contributed by atoms with Crippen molar-refractivity contribution in [2.24, 2.45) is 0 Å². The Morgan fingerprint density at radius 2 is 1.82 bits per heavy atom. The maximum Gasteiger partial charge on any atom is 0.319 e. The summed E-state index contributed by atoms with van der Waals surface area (Å²) in [6, 6.07) is 11.9. The minimum Gasteiger partial charge on any atom is -0.468 e. The molecule has 1 aromatic heterocycles. The van der Waals surface area contributed by atoms with Crippen LogP contribution in [0.4, 0.5) is 10.5 Å². The van der Waals surface area contributed by atoms with Crippen molar-refractivity contribution in [3.63, 3.8) is 0 Å². The number of carbonyl (C=O) groups excluding carboxylic acids is 2. The van der Waals surface area contributed by atoms with E-state index in [1.807, 2.05) is 30.3 Å². The van der Waals surface area contributed by atoms with Crippen LogP contribution >= 0.6 is 0 Å². The first-order chi connectivity index (χ1) is 13.6. The molecule has 2 unspecified atom stereocenters. The van der Waals surface area contributed by atoms with Crippen molar-refractivity contribution in [2.45, 2.75) is 38.3 Å². The molecule has 3 amide bonds. The van der Waals surface area contributed by atoms with Crippen molar-refractivity contribution < 1.29 is 14.0 Å². The Bertz CT molecular complexity index is 742. The number of likely N-dealkylation sites (tertiary alicyclic amines) is 1. The Balaban J connectivity index is 1.51. The number of hydrogen-bond acceptors (Lipinski definition) is 4. The molecule has 150 valence electrons. The second-order valence-corrected chi connectivity index (χ2v) is 7.06. The SMILES string of the molecule is CC(NC(=O)Nc1ccccc1)C(=O)NCC(c1ccco1)N1CCCCC1. The van der Waals surface area contributed by atoms with Gasteiger partial charge in [-0.2, -0.15) is 0 Å². The molecule has 2 heterocycles. The number of rotatable bonds is 7. The van der Waals surface area contributed by atoms with Crippen molar-refractivity contribution in [1.29, 1.82) is 0 Å². The summed E-state index contributed by atoms with van der Waals surface area (Å²) in [6.45, 7) is 4.10.